The zero-order valence-corrected chi connectivity index (χ0v) is 13.2. The smallest absolute Gasteiger partial charge is 0.149 e. The Morgan fingerprint density at radius 3 is 2.32 bits per heavy atom. The molecule has 25 heavy (non-hydrogen) atoms. The molecule has 0 saturated heterocycles. The molecular formula is C20H14FN3O. The lowest BCUT2D eigenvalue weighted by Crippen LogP contribution is -1.97. The van der Waals surface area contributed by atoms with Crippen molar-refractivity contribution in [1.29, 1.82) is 0 Å². The molecule has 4 rings (SSSR count). The Morgan fingerprint density at radius 2 is 1.52 bits per heavy atom. The van der Waals surface area contributed by atoms with Crippen LogP contribution in [0.5, 0.6) is 11.5 Å². The quantitative estimate of drug-likeness (QED) is 0.551. The van der Waals surface area contributed by atoms with Crippen LogP contribution >= 0.6 is 0 Å². The summed E-state index contributed by atoms with van der Waals surface area (Å²) >= 11 is 0. The molecule has 0 saturated carbocycles. The van der Waals surface area contributed by atoms with Crippen LogP contribution in [0.2, 0.25) is 0 Å². The molecule has 4 nitrogen and oxygen atoms in total. The molecule has 1 aromatic heterocycles. The number of para-hydroxylation sites is 2. The number of nitrogens with one attached hydrogen (secondary N) is 1. The first-order valence-corrected chi connectivity index (χ1v) is 7.79. The minimum atomic E-state index is -0.366. The second-order valence-electron chi connectivity index (χ2n) is 5.42. The highest BCUT2D eigenvalue weighted by molar-refractivity contribution is 5.90. The summed E-state index contributed by atoms with van der Waals surface area (Å²) in [6, 6.07) is 21.9. The van der Waals surface area contributed by atoms with Crippen LogP contribution in [0.4, 0.5) is 15.9 Å². The van der Waals surface area contributed by atoms with Gasteiger partial charge in [-0.05, 0) is 48.5 Å². The van der Waals surface area contributed by atoms with E-state index in [-0.39, 0.29) is 5.82 Å². The Balaban J connectivity index is 1.57. The van der Waals surface area contributed by atoms with Crippen molar-refractivity contribution in [3.05, 3.63) is 84.9 Å². The lowest BCUT2D eigenvalue weighted by Gasteiger charge is -2.10. The van der Waals surface area contributed by atoms with Crippen LogP contribution in [0, 0.1) is 5.82 Å². The van der Waals surface area contributed by atoms with Gasteiger partial charge in [-0.25, -0.2) is 14.4 Å². The Hall–Kier alpha value is -3.47. The summed E-state index contributed by atoms with van der Waals surface area (Å²) in [5, 5.41) is 3.82. The summed E-state index contributed by atoms with van der Waals surface area (Å²) in [4.78, 5) is 8.21. The number of benzene rings is 3. The van der Waals surface area contributed by atoms with Crippen molar-refractivity contribution in [2.24, 2.45) is 0 Å². The van der Waals surface area contributed by atoms with E-state index in [0.717, 1.165) is 17.2 Å². The van der Waals surface area contributed by atoms with Gasteiger partial charge in [-0.3, -0.25) is 0 Å². The Labute approximate surface area is 143 Å². The highest BCUT2D eigenvalue weighted by Crippen LogP contribution is 2.27. The summed E-state index contributed by atoms with van der Waals surface area (Å²) in [7, 11) is 0. The van der Waals surface area contributed by atoms with E-state index >= 15 is 0 Å². The van der Waals surface area contributed by atoms with Gasteiger partial charge in [0.15, 0.2) is 0 Å². The van der Waals surface area contributed by atoms with Crippen molar-refractivity contribution in [3.63, 3.8) is 0 Å². The fraction of sp³-hybridized carbons (Fsp3) is 0. The molecular weight excluding hydrogens is 317 g/mol. The highest BCUT2D eigenvalue weighted by Gasteiger charge is 2.07. The fourth-order valence-corrected chi connectivity index (χ4v) is 2.52. The van der Waals surface area contributed by atoms with Crippen LogP contribution in [0.3, 0.4) is 0 Å². The molecule has 122 valence electrons. The van der Waals surface area contributed by atoms with Crippen molar-refractivity contribution in [3.8, 4) is 11.5 Å². The maximum Gasteiger partial charge on any atom is 0.149 e. The Morgan fingerprint density at radius 1 is 0.760 bits per heavy atom. The van der Waals surface area contributed by atoms with Gasteiger partial charge in [-0.15, -0.1) is 0 Å². The van der Waals surface area contributed by atoms with Crippen LogP contribution < -0.4 is 10.1 Å². The zero-order valence-electron chi connectivity index (χ0n) is 13.2. The van der Waals surface area contributed by atoms with E-state index in [1.165, 1.54) is 12.4 Å². The third-order valence-electron chi connectivity index (χ3n) is 3.71. The molecule has 0 amide bonds. The number of fused-ring (bicyclic) bond motifs is 1. The zero-order chi connectivity index (χ0) is 17.1. The van der Waals surface area contributed by atoms with E-state index in [1.54, 1.807) is 12.1 Å². The molecule has 0 aliphatic heterocycles. The van der Waals surface area contributed by atoms with Gasteiger partial charge in [0.2, 0.25) is 0 Å². The normalized spacial score (nSPS) is 10.6. The monoisotopic (exact) mass is 331 g/mol. The largest absolute Gasteiger partial charge is 0.457 e. The number of rotatable bonds is 4. The summed E-state index contributed by atoms with van der Waals surface area (Å²) in [5.41, 5.74) is 1.12. The van der Waals surface area contributed by atoms with Crippen molar-refractivity contribution in [1.82, 2.24) is 9.97 Å². The number of aromatic nitrogens is 2. The maximum absolute atomic E-state index is 13.8. The van der Waals surface area contributed by atoms with E-state index in [1.807, 2.05) is 54.6 Å². The van der Waals surface area contributed by atoms with Gasteiger partial charge in [0.05, 0.1) is 0 Å². The molecule has 4 aromatic rings. The summed E-state index contributed by atoms with van der Waals surface area (Å²) in [5.74, 6) is 1.70. The third-order valence-corrected chi connectivity index (χ3v) is 3.71. The van der Waals surface area contributed by atoms with Crippen LogP contribution in [-0.4, -0.2) is 9.97 Å². The average molecular weight is 331 g/mol. The first kappa shape index (κ1) is 15.1. The molecule has 0 radical (unpaired) electrons. The molecule has 1 N–H and O–H groups in total. The first-order chi connectivity index (χ1) is 12.3. The SMILES string of the molecule is Fc1cccc2c(Nc3ccc(Oc4ccccc4)cc3)ncnc12. The molecule has 0 aliphatic rings. The molecule has 0 unspecified atom stereocenters. The van der Waals surface area contributed by atoms with Crippen LogP contribution in [0.15, 0.2) is 79.1 Å². The van der Waals surface area contributed by atoms with Gasteiger partial charge < -0.3 is 10.1 Å². The predicted octanol–water partition coefficient (Wildman–Crippen LogP) is 5.30. The standard InChI is InChI=1S/C20H14FN3O/c21-18-8-4-7-17-19(18)22-13-23-20(17)24-14-9-11-16(12-10-14)25-15-5-2-1-3-6-15/h1-13H,(H,22,23,24). The summed E-state index contributed by atoms with van der Waals surface area (Å²) < 4.78 is 19.6. The van der Waals surface area contributed by atoms with E-state index < -0.39 is 0 Å². The maximum atomic E-state index is 13.8. The average Bonchev–Trinajstić information content (AvgIpc) is 2.65. The third kappa shape index (κ3) is 3.26. The molecule has 0 spiro atoms. The van der Waals surface area contributed by atoms with E-state index in [9.17, 15) is 4.39 Å². The summed E-state index contributed by atoms with van der Waals surface area (Å²) in [6.07, 6.45) is 1.35. The highest BCUT2D eigenvalue weighted by atomic mass is 19.1. The van der Waals surface area contributed by atoms with Crippen LogP contribution in [0.1, 0.15) is 0 Å². The van der Waals surface area contributed by atoms with Crippen molar-refractivity contribution in [2.75, 3.05) is 5.32 Å². The van der Waals surface area contributed by atoms with E-state index in [0.29, 0.717) is 16.7 Å². The number of halogens is 1. The molecule has 0 atom stereocenters. The number of ether oxygens (including phenoxy) is 1. The van der Waals surface area contributed by atoms with Gasteiger partial charge >= 0.3 is 0 Å². The first-order valence-electron chi connectivity index (χ1n) is 7.79. The Kier molecular flexibility index (Phi) is 3.96. The molecule has 0 aliphatic carbocycles. The lowest BCUT2D eigenvalue weighted by atomic mass is 10.2. The second kappa shape index (κ2) is 6.57. The van der Waals surface area contributed by atoms with Crippen molar-refractivity contribution < 1.29 is 9.13 Å². The number of hydrogen-bond donors (Lipinski definition) is 1. The minimum absolute atomic E-state index is 0.295. The van der Waals surface area contributed by atoms with Gasteiger partial charge in [0, 0.05) is 11.1 Å². The topological polar surface area (TPSA) is 47.0 Å². The van der Waals surface area contributed by atoms with Crippen molar-refractivity contribution >= 4 is 22.4 Å². The minimum Gasteiger partial charge on any atom is -0.457 e. The fourth-order valence-electron chi connectivity index (χ4n) is 2.52. The van der Waals surface area contributed by atoms with Gasteiger partial charge in [-0.2, -0.15) is 0 Å². The number of nitrogens with zero attached hydrogens (tertiary/aromatic N) is 2. The lowest BCUT2D eigenvalue weighted by molar-refractivity contribution is 0.483. The van der Waals surface area contributed by atoms with Gasteiger partial charge in [0.25, 0.3) is 0 Å². The number of anilines is 2. The van der Waals surface area contributed by atoms with Crippen LogP contribution in [0.25, 0.3) is 10.9 Å². The van der Waals surface area contributed by atoms with Crippen molar-refractivity contribution in [2.45, 2.75) is 0 Å². The molecule has 1 heterocycles. The Bertz CT molecular complexity index is 1000. The number of hydrogen-bond acceptors (Lipinski definition) is 4. The molecule has 3 aromatic carbocycles. The second-order valence-corrected chi connectivity index (χ2v) is 5.42. The molecule has 5 heteroatoms. The predicted molar refractivity (Wildman–Crippen MR) is 95.7 cm³/mol. The van der Waals surface area contributed by atoms with Crippen LogP contribution in [-0.2, 0) is 0 Å². The molecule has 0 fully saturated rings. The summed E-state index contributed by atoms with van der Waals surface area (Å²) in [6.45, 7) is 0. The van der Waals surface area contributed by atoms with E-state index in [2.05, 4.69) is 15.3 Å². The van der Waals surface area contributed by atoms with Gasteiger partial charge in [-0.1, -0.05) is 24.3 Å². The van der Waals surface area contributed by atoms with E-state index in [4.69, 9.17) is 4.74 Å². The van der Waals surface area contributed by atoms with Gasteiger partial charge in [0.1, 0.15) is 35.0 Å². The molecule has 0 bridgehead atoms.